The van der Waals surface area contributed by atoms with Gasteiger partial charge in [0.25, 0.3) is 0 Å². The van der Waals surface area contributed by atoms with Gasteiger partial charge in [0.15, 0.2) is 41.6 Å². The molecule has 0 aliphatic heterocycles. The third-order valence-electron chi connectivity index (χ3n) is 3.73. The van der Waals surface area contributed by atoms with Gasteiger partial charge in [-0.3, -0.25) is 4.52 Å². The van der Waals surface area contributed by atoms with Crippen molar-refractivity contribution in [2.24, 2.45) is 0 Å². The van der Waals surface area contributed by atoms with Crippen molar-refractivity contribution in [2.45, 2.75) is 123 Å². The molecule has 0 rings (SSSR count). The molecular weight excluding hydrogens is 552 g/mol. The molecule has 35 heavy (non-hydrogen) atoms. The number of carbonyl (C=O) groups is 1. The van der Waals surface area contributed by atoms with Gasteiger partial charge in [-0.15, -0.1) is 0 Å². The minimum atomic E-state index is -3.85. The maximum Gasteiger partial charge on any atom is 0.455 e. The van der Waals surface area contributed by atoms with Crippen LogP contribution in [0.15, 0.2) is 0 Å². The van der Waals surface area contributed by atoms with E-state index in [-0.39, 0.29) is 13.0 Å². The Morgan fingerprint density at radius 2 is 0.971 bits per heavy atom. The highest BCUT2D eigenvalue weighted by Gasteiger charge is 2.43. The molecule has 0 aromatic heterocycles. The predicted octanol–water partition coefficient (Wildman–Crippen LogP) is 7.06. The molecule has 0 aliphatic rings. The zero-order valence-corrected chi connectivity index (χ0v) is 30.8. The quantitative estimate of drug-likeness (QED) is 0.0990. The first-order valence-corrected chi connectivity index (χ1v) is 30.9. The van der Waals surface area contributed by atoms with E-state index in [1.54, 1.807) is 0 Å². The van der Waals surface area contributed by atoms with Crippen molar-refractivity contribution in [3.8, 4) is 0 Å². The van der Waals surface area contributed by atoms with Gasteiger partial charge in [-0.1, -0.05) is 0 Å². The second-order valence-electron chi connectivity index (χ2n) is 13.8. The van der Waals surface area contributed by atoms with Crippen LogP contribution in [-0.4, -0.2) is 72.8 Å². The normalized spacial score (nSPS) is 17.2. The Morgan fingerprint density at radius 1 is 0.600 bits per heavy atom. The van der Waals surface area contributed by atoms with Gasteiger partial charge in [-0.2, -0.15) is 0 Å². The summed E-state index contributed by atoms with van der Waals surface area (Å²) in [5.41, 5.74) is 0. The molecule has 0 aromatic rings. The van der Waals surface area contributed by atoms with Crippen molar-refractivity contribution < 1.29 is 35.6 Å². The lowest BCUT2D eigenvalue weighted by Gasteiger charge is -2.41. The number of hydrogen-bond donors (Lipinski definition) is 0. The maximum atomic E-state index is 13.8. The lowest BCUT2D eigenvalue weighted by molar-refractivity contribution is -0.112. The van der Waals surface area contributed by atoms with Crippen molar-refractivity contribution in [3.05, 3.63) is 0 Å². The maximum absolute atomic E-state index is 13.8. The molecule has 0 N–H and O–H groups in total. The topological polar surface area (TPSA) is 89.5 Å². The highest BCUT2D eigenvalue weighted by molar-refractivity contribution is 7.52. The van der Waals surface area contributed by atoms with Gasteiger partial charge >= 0.3 is 7.82 Å². The Kier molecular flexibility index (Phi) is 13.5. The van der Waals surface area contributed by atoms with Crippen molar-refractivity contribution in [3.63, 3.8) is 0 Å². The second kappa shape index (κ2) is 13.2. The zero-order valence-electron chi connectivity index (χ0n) is 24.9. The molecular formula is C21H53O8PSi5. The summed E-state index contributed by atoms with van der Waals surface area (Å²) in [7, 11) is -14.6. The minimum absolute atomic E-state index is 0.0456. The van der Waals surface area contributed by atoms with Gasteiger partial charge in [0.1, 0.15) is 6.29 Å². The average Bonchev–Trinajstić information content (AvgIpc) is 2.49. The number of aldehydes is 1. The fourth-order valence-electron chi connectivity index (χ4n) is 3.15. The minimum Gasteiger partial charge on any atom is -0.412 e. The first-order valence-electron chi connectivity index (χ1n) is 12.4. The smallest absolute Gasteiger partial charge is 0.412 e. The molecule has 0 saturated heterocycles. The molecule has 14 heteroatoms. The van der Waals surface area contributed by atoms with Crippen LogP contribution < -0.4 is 0 Å². The number of phosphoric acid groups is 1. The molecule has 210 valence electrons. The van der Waals surface area contributed by atoms with E-state index in [0.717, 1.165) is 6.29 Å². The van der Waals surface area contributed by atoms with Gasteiger partial charge in [0.2, 0.25) is 0 Å². The Balaban J connectivity index is 6.39. The van der Waals surface area contributed by atoms with Crippen molar-refractivity contribution in [2.75, 3.05) is 6.61 Å². The van der Waals surface area contributed by atoms with E-state index in [0.29, 0.717) is 0 Å². The van der Waals surface area contributed by atoms with Crippen molar-refractivity contribution in [1.82, 2.24) is 0 Å². The lowest BCUT2D eigenvalue weighted by atomic mass is 10.1. The molecule has 0 unspecified atom stereocenters. The molecule has 3 atom stereocenters. The summed E-state index contributed by atoms with van der Waals surface area (Å²) in [6.07, 6.45) is -0.604. The molecule has 8 nitrogen and oxygen atoms in total. The van der Waals surface area contributed by atoms with Gasteiger partial charge in [-0.25, -0.2) is 4.57 Å². The SMILES string of the molecule is C[Si](C)(C)O[C@@H]([C@@H](CC=O)O[Si](C)(C)C)[C@@H](COP(=O)(O[Si](C)(C)C)O[Si](C)(C)C)O[Si](C)(C)C. The van der Waals surface area contributed by atoms with E-state index in [4.69, 9.17) is 26.2 Å². The van der Waals surface area contributed by atoms with E-state index in [2.05, 4.69) is 58.9 Å². The second-order valence-corrected chi connectivity index (χ2v) is 38.2. The van der Waals surface area contributed by atoms with E-state index < -0.39 is 67.7 Å². The summed E-state index contributed by atoms with van der Waals surface area (Å²) in [6, 6.07) is 0. The molecule has 0 saturated carbocycles. The number of hydrogen-bond acceptors (Lipinski definition) is 8. The van der Waals surface area contributed by atoms with Gasteiger partial charge in [-0.05, 0) is 98.2 Å². The Morgan fingerprint density at radius 3 is 1.29 bits per heavy atom. The fraction of sp³-hybridized carbons (Fsp3) is 0.952. The zero-order chi connectivity index (χ0) is 28.1. The summed E-state index contributed by atoms with van der Waals surface area (Å²) in [6.45, 7) is 30.4. The molecule has 0 bridgehead atoms. The highest BCUT2D eigenvalue weighted by atomic mass is 31.2. The lowest BCUT2D eigenvalue weighted by Crippen LogP contribution is -2.54. The monoisotopic (exact) mass is 604 g/mol. The van der Waals surface area contributed by atoms with Crippen LogP contribution in [0.2, 0.25) is 98.2 Å². The molecule has 0 heterocycles. The van der Waals surface area contributed by atoms with E-state index in [1.165, 1.54) is 0 Å². The van der Waals surface area contributed by atoms with Crippen LogP contribution in [0.5, 0.6) is 0 Å². The molecule has 0 fully saturated rings. The third-order valence-corrected chi connectivity index (χ3v) is 13.4. The van der Waals surface area contributed by atoms with Crippen LogP contribution in [0, 0.1) is 0 Å². The Bertz CT molecular complexity index is 685. The first-order chi connectivity index (χ1) is 15.2. The Labute approximate surface area is 220 Å². The number of rotatable bonds is 17. The van der Waals surface area contributed by atoms with Crippen LogP contribution in [-0.2, 0) is 35.6 Å². The van der Waals surface area contributed by atoms with Crippen LogP contribution in [0.4, 0.5) is 0 Å². The summed E-state index contributed by atoms with van der Waals surface area (Å²) in [5, 5.41) is 0. The molecule has 0 aromatic carbocycles. The summed E-state index contributed by atoms with van der Waals surface area (Å²) < 4.78 is 51.4. The molecule has 0 amide bonds. The molecule has 0 spiro atoms. The molecule has 0 aliphatic carbocycles. The average molecular weight is 605 g/mol. The van der Waals surface area contributed by atoms with E-state index in [9.17, 15) is 9.36 Å². The van der Waals surface area contributed by atoms with Gasteiger partial charge < -0.3 is 26.5 Å². The van der Waals surface area contributed by atoms with E-state index >= 15 is 0 Å². The van der Waals surface area contributed by atoms with Crippen LogP contribution in [0.3, 0.4) is 0 Å². The van der Waals surface area contributed by atoms with Gasteiger partial charge in [0, 0.05) is 6.42 Å². The van der Waals surface area contributed by atoms with Crippen LogP contribution in [0.25, 0.3) is 0 Å². The van der Waals surface area contributed by atoms with Gasteiger partial charge in [0.05, 0.1) is 24.9 Å². The fourth-order valence-corrected chi connectivity index (χ4v) is 13.1. The molecule has 0 radical (unpaired) electrons. The third kappa shape index (κ3) is 18.6. The highest BCUT2D eigenvalue weighted by Crippen LogP contribution is 2.54. The van der Waals surface area contributed by atoms with Crippen LogP contribution in [0.1, 0.15) is 6.42 Å². The largest absolute Gasteiger partial charge is 0.455 e. The first kappa shape index (κ1) is 35.7. The van der Waals surface area contributed by atoms with Crippen molar-refractivity contribution >= 4 is 55.7 Å². The Hall–Kier alpha value is 0.744. The standard InChI is InChI=1S/C21H53O8PSi5/c1-31(2,3)25-19(16-17-22)21(27-33(7,8)9)20(26-32(4,5)6)18-24-30(23,28-34(10,11)12)29-35(13,14)15/h17,19-21H,16,18H2,1-15H3/t19-,20-,21+/m1/s1. The number of carbonyl (C=O) groups excluding carboxylic acids is 1. The van der Waals surface area contributed by atoms with E-state index in [1.807, 2.05) is 39.3 Å². The summed E-state index contributed by atoms with van der Waals surface area (Å²) >= 11 is 0. The summed E-state index contributed by atoms with van der Waals surface area (Å²) in [5.74, 6) is 0. The van der Waals surface area contributed by atoms with Crippen molar-refractivity contribution in [1.29, 1.82) is 0 Å². The van der Waals surface area contributed by atoms with Crippen LogP contribution >= 0.6 is 7.82 Å². The predicted molar refractivity (Wildman–Crippen MR) is 158 cm³/mol. The summed E-state index contributed by atoms with van der Waals surface area (Å²) in [4.78, 5) is 11.7.